The molecule has 1 saturated heterocycles. The summed E-state index contributed by atoms with van der Waals surface area (Å²) in [6.45, 7) is 1.22. The summed E-state index contributed by atoms with van der Waals surface area (Å²) in [4.78, 5) is 17.3. The van der Waals surface area contributed by atoms with Crippen LogP contribution in [0.5, 0.6) is 0 Å². The first-order chi connectivity index (χ1) is 8.13. The SMILES string of the molecule is NC(=O)C1CN(c2nc3ccc(F)cc3s2)C1. The smallest absolute Gasteiger partial charge is 0.224 e. The number of carbonyl (C=O) groups is 1. The lowest BCUT2D eigenvalue weighted by Gasteiger charge is -2.36. The number of nitrogens with two attached hydrogens (primary N) is 1. The minimum absolute atomic E-state index is 0.0845. The number of nitrogens with zero attached hydrogens (tertiary/aromatic N) is 2. The number of anilines is 1. The van der Waals surface area contributed by atoms with Crippen LogP contribution in [0.25, 0.3) is 10.2 Å². The maximum Gasteiger partial charge on any atom is 0.224 e. The van der Waals surface area contributed by atoms with Crippen LogP contribution < -0.4 is 10.6 Å². The van der Waals surface area contributed by atoms with Gasteiger partial charge in [0.25, 0.3) is 0 Å². The first kappa shape index (κ1) is 10.5. The fourth-order valence-corrected chi connectivity index (χ4v) is 2.84. The fraction of sp³-hybridized carbons (Fsp3) is 0.273. The Kier molecular flexibility index (Phi) is 2.25. The van der Waals surface area contributed by atoms with Gasteiger partial charge in [-0.25, -0.2) is 9.37 Å². The van der Waals surface area contributed by atoms with Gasteiger partial charge in [0.15, 0.2) is 5.13 Å². The Hall–Kier alpha value is -1.69. The third-order valence-corrected chi connectivity index (χ3v) is 3.97. The quantitative estimate of drug-likeness (QED) is 0.876. The summed E-state index contributed by atoms with van der Waals surface area (Å²) in [5, 5.41) is 0.822. The van der Waals surface area contributed by atoms with E-state index >= 15 is 0 Å². The molecule has 0 saturated carbocycles. The largest absolute Gasteiger partial charge is 0.369 e. The van der Waals surface area contributed by atoms with E-state index in [1.165, 1.54) is 23.5 Å². The van der Waals surface area contributed by atoms with Crippen LogP contribution in [0.4, 0.5) is 9.52 Å². The second-order valence-corrected chi connectivity index (χ2v) is 5.12. The molecule has 2 aromatic rings. The van der Waals surface area contributed by atoms with Crippen molar-refractivity contribution in [2.24, 2.45) is 11.7 Å². The number of hydrogen-bond acceptors (Lipinski definition) is 4. The number of thiazole rings is 1. The molecule has 17 heavy (non-hydrogen) atoms. The normalized spacial score (nSPS) is 16.2. The zero-order valence-corrected chi connectivity index (χ0v) is 9.71. The van der Waals surface area contributed by atoms with Gasteiger partial charge in [-0.05, 0) is 18.2 Å². The molecule has 0 radical (unpaired) electrons. The van der Waals surface area contributed by atoms with E-state index in [2.05, 4.69) is 4.98 Å². The summed E-state index contributed by atoms with van der Waals surface area (Å²) < 4.78 is 13.8. The first-order valence-corrected chi connectivity index (χ1v) is 6.05. The van der Waals surface area contributed by atoms with Crippen molar-refractivity contribution < 1.29 is 9.18 Å². The zero-order chi connectivity index (χ0) is 12.0. The van der Waals surface area contributed by atoms with Crippen LogP contribution in [0.2, 0.25) is 0 Å². The van der Waals surface area contributed by atoms with Gasteiger partial charge < -0.3 is 10.6 Å². The molecule has 1 aliphatic heterocycles. The Balaban J connectivity index is 1.85. The highest BCUT2D eigenvalue weighted by Gasteiger charge is 2.32. The average molecular weight is 251 g/mol. The average Bonchev–Trinajstić information content (AvgIpc) is 2.56. The van der Waals surface area contributed by atoms with Gasteiger partial charge in [-0.3, -0.25) is 4.79 Å². The molecular weight excluding hydrogens is 241 g/mol. The summed E-state index contributed by atoms with van der Waals surface area (Å²) in [5.41, 5.74) is 5.99. The predicted molar refractivity (Wildman–Crippen MR) is 64.5 cm³/mol. The van der Waals surface area contributed by atoms with Crippen molar-refractivity contribution in [2.45, 2.75) is 0 Å². The molecule has 6 heteroatoms. The summed E-state index contributed by atoms with van der Waals surface area (Å²) in [7, 11) is 0. The Morgan fingerprint density at radius 3 is 3.00 bits per heavy atom. The van der Waals surface area contributed by atoms with Crippen LogP contribution in [0.15, 0.2) is 18.2 Å². The number of hydrogen-bond donors (Lipinski definition) is 1. The Labute approximate surface area is 101 Å². The van der Waals surface area contributed by atoms with Crippen molar-refractivity contribution in [3.05, 3.63) is 24.0 Å². The Morgan fingerprint density at radius 1 is 1.53 bits per heavy atom. The second kappa shape index (κ2) is 3.66. The van der Waals surface area contributed by atoms with E-state index in [0.717, 1.165) is 15.3 Å². The van der Waals surface area contributed by atoms with Gasteiger partial charge in [0.05, 0.1) is 16.1 Å². The van der Waals surface area contributed by atoms with Crippen LogP contribution in [-0.4, -0.2) is 24.0 Å². The fourth-order valence-electron chi connectivity index (χ4n) is 1.84. The minimum Gasteiger partial charge on any atom is -0.369 e. The van der Waals surface area contributed by atoms with E-state index in [1.807, 2.05) is 4.90 Å². The second-order valence-electron chi connectivity index (χ2n) is 4.11. The van der Waals surface area contributed by atoms with Gasteiger partial charge in [0.2, 0.25) is 5.91 Å². The van der Waals surface area contributed by atoms with E-state index in [1.54, 1.807) is 6.07 Å². The highest BCUT2D eigenvalue weighted by atomic mass is 32.1. The van der Waals surface area contributed by atoms with Crippen LogP contribution in [0.1, 0.15) is 0 Å². The summed E-state index contributed by atoms with van der Waals surface area (Å²) in [6.07, 6.45) is 0. The van der Waals surface area contributed by atoms with Crippen LogP contribution in [0.3, 0.4) is 0 Å². The van der Waals surface area contributed by atoms with Crippen molar-refractivity contribution in [3.8, 4) is 0 Å². The van der Waals surface area contributed by atoms with E-state index < -0.39 is 0 Å². The lowest BCUT2D eigenvalue weighted by molar-refractivity contribution is -0.122. The number of fused-ring (bicyclic) bond motifs is 1. The molecule has 4 nitrogen and oxygen atoms in total. The molecule has 0 spiro atoms. The van der Waals surface area contributed by atoms with Crippen LogP contribution in [0, 0.1) is 11.7 Å². The van der Waals surface area contributed by atoms with E-state index in [-0.39, 0.29) is 17.6 Å². The Morgan fingerprint density at radius 2 is 2.29 bits per heavy atom. The standard InChI is InChI=1S/C11H10FN3OS/c12-7-1-2-8-9(3-7)17-11(14-8)15-4-6(5-15)10(13)16/h1-3,6H,4-5H2,(H2,13,16). The monoisotopic (exact) mass is 251 g/mol. The molecule has 2 N–H and O–H groups in total. The zero-order valence-electron chi connectivity index (χ0n) is 8.89. The minimum atomic E-state index is -0.270. The summed E-state index contributed by atoms with van der Waals surface area (Å²) in [6, 6.07) is 4.53. The highest BCUT2D eigenvalue weighted by molar-refractivity contribution is 7.22. The summed E-state index contributed by atoms with van der Waals surface area (Å²) in [5.74, 6) is -0.613. The third-order valence-electron chi connectivity index (χ3n) is 2.89. The van der Waals surface area contributed by atoms with Gasteiger partial charge >= 0.3 is 0 Å². The highest BCUT2D eigenvalue weighted by Crippen LogP contribution is 2.32. The van der Waals surface area contributed by atoms with Crippen LogP contribution in [-0.2, 0) is 4.79 Å². The number of benzene rings is 1. The molecule has 0 unspecified atom stereocenters. The molecule has 1 fully saturated rings. The molecular formula is C11H10FN3OS. The van der Waals surface area contributed by atoms with Gasteiger partial charge in [-0.15, -0.1) is 0 Å². The predicted octanol–water partition coefficient (Wildman–Crippen LogP) is 1.36. The maximum absolute atomic E-state index is 13.0. The van der Waals surface area contributed by atoms with Gasteiger partial charge in [-0.1, -0.05) is 11.3 Å². The molecule has 1 aliphatic rings. The van der Waals surface area contributed by atoms with Crippen molar-refractivity contribution in [1.29, 1.82) is 0 Å². The molecule has 0 aliphatic carbocycles. The number of aromatic nitrogens is 1. The molecule has 3 rings (SSSR count). The van der Waals surface area contributed by atoms with Crippen molar-refractivity contribution >= 4 is 32.6 Å². The molecule has 0 bridgehead atoms. The van der Waals surface area contributed by atoms with Gasteiger partial charge in [0, 0.05) is 13.1 Å². The molecule has 88 valence electrons. The number of carbonyl (C=O) groups excluding carboxylic acids is 1. The van der Waals surface area contributed by atoms with Crippen molar-refractivity contribution in [2.75, 3.05) is 18.0 Å². The molecule has 1 aromatic carbocycles. The van der Waals surface area contributed by atoms with E-state index in [9.17, 15) is 9.18 Å². The van der Waals surface area contributed by atoms with Crippen LogP contribution >= 0.6 is 11.3 Å². The number of primary amides is 1. The lowest BCUT2D eigenvalue weighted by atomic mass is 10.0. The first-order valence-electron chi connectivity index (χ1n) is 5.24. The maximum atomic E-state index is 13.0. The van der Waals surface area contributed by atoms with E-state index in [4.69, 9.17) is 5.73 Å². The van der Waals surface area contributed by atoms with E-state index in [0.29, 0.717) is 13.1 Å². The number of halogens is 1. The van der Waals surface area contributed by atoms with Crippen molar-refractivity contribution in [3.63, 3.8) is 0 Å². The lowest BCUT2D eigenvalue weighted by Crippen LogP contribution is -2.52. The summed E-state index contributed by atoms with van der Waals surface area (Å²) >= 11 is 1.43. The van der Waals surface area contributed by atoms with Gasteiger partial charge in [0.1, 0.15) is 5.82 Å². The number of amides is 1. The number of rotatable bonds is 2. The van der Waals surface area contributed by atoms with Gasteiger partial charge in [-0.2, -0.15) is 0 Å². The Bertz CT molecular complexity index is 591. The topological polar surface area (TPSA) is 59.2 Å². The molecule has 0 atom stereocenters. The molecule has 2 heterocycles. The molecule has 1 amide bonds. The molecule has 1 aromatic heterocycles. The van der Waals surface area contributed by atoms with Crippen molar-refractivity contribution in [1.82, 2.24) is 4.98 Å². The third kappa shape index (κ3) is 1.74.